The van der Waals surface area contributed by atoms with Crippen molar-refractivity contribution in [3.8, 4) is 0 Å². The molecule has 0 aromatic rings. The summed E-state index contributed by atoms with van der Waals surface area (Å²) < 4.78 is 30.6. The van der Waals surface area contributed by atoms with E-state index >= 15 is 0 Å². The number of hydrogen-bond donors (Lipinski definition) is 0. The van der Waals surface area contributed by atoms with Crippen LogP contribution in [0.15, 0.2) is 11.6 Å². The van der Waals surface area contributed by atoms with Crippen molar-refractivity contribution in [3.63, 3.8) is 0 Å². The van der Waals surface area contributed by atoms with E-state index in [9.17, 15) is 4.79 Å². The minimum Gasteiger partial charge on any atom is -0.462 e. The molecule has 4 unspecified atom stereocenters. The van der Waals surface area contributed by atoms with Gasteiger partial charge < -0.3 is 23.7 Å². The number of allylic oxidation sites excluding steroid dienone is 1. The van der Waals surface area contributed by atoms with E-state index in [1.807, 2.05) is 0 Å². The fourth-order valence-electron chi connectivity index (χ4n) is 8.62. The lowest BCUT2D eigenvalue weighted by Gasteiger charge is -2.60. The number of esters is 1. The highest BCUT2D eigenvalue weighted by molar-refractivity contribution is 5.72. The molecular weight excluding hydrogens is 372 g/mol. The second kappa shape index (κ2) is 5.84. The molecule has 0 radical (unpaired) electrons. The molecule has 3 saturated heterocycles. The van der Waals surface area contributed by atoms with Crippen LogP contribution in [0, 0.1) is 29.1 Å². The monoisotopic (exact) mass is 402 g/mol. The van der Waals surface area contributed by atoms with Crippen LogP contribution in [0.3, 0.4) is 0 Å². The molecule has 29 heavy (non-hydrogen) atoms. The molecule has 3 heterocycles. The number of fused-ring (bicyclic) bond motifs is 6. The first-order chi connectivity index (χ1) is 14.1. The summed E-state index contributed by atoms with van der Waals surface area (Å²) >= 11 is 0. The molecule has 6 nitrogen and oxygen atoms in total. The van der Waals surface area contributed by atoms with Crippen LogP contribution < -0.4 is 0 Å². The third-order valence-corrected chi connectivity index (χ3v) is 9.45. The van der Waals surface area contributed by atoms with E-state index in [1.165, 1.54) is 12.0 Å². The van der Waals surface area contributed by atoms with Crippen LogP contribution in [-0.2, 0) is 28.5 Å². The molecule has 3 saturated carbocycles. The smallest absolute Gasteiger partial charge is 0.306 e. The number of hydrogen-bond acceptors (Lipinski definition) is 6. The van der Waals surface area contributed by atoms with Crippen LogP contribution in [0.1, 0.15) is 51.4 Å². The normalized spacial score (nSPS) is 48.8. The zero-order valence-corrected chi connectivity index (χ0v) is 16.9. The summed E-state index contributed by atoms with van der Waals surface area (Å²) in [5.41, 5.74) is 1.30. The molecular formula is C23H30O6. The Morgan fingerprint density at radius 2 is 1.72 bits per heavy atom. The van der Waals surface area contributed by atoms with E-state index in [0.717, 1.165) is 38.5 Å². The lowest BCUT2D eigenvalue weighted by molar-refractivity contribution is -0.280. The molecule has 158 valence electrons. The van der Waals surface area contributed by atoms with Crippen molar-refractivity contribution in [1.29, 1.82) is 0 Å². The molecule has 6 fully saturated rings. The van der Waals surface area contributed by atoms with E-state index in [-0.39, 0.29) is 17.5 Å². The van der Waals surface area contributed by atoms with Gasteiger partial charge in [0.25, 0.3) is 0 Å². The third-order valence-electron chi connectivity index (χ3n) is 9.45. The van der Waals surface area contributed by atoms with Gasteiger partial charge in [0.15, 0.2) is 11.6 Å². The Hall–Kier alpha value is -0.950. The van der Waals surface area contributed by atoms with Gasteiger partial charge >= 0.3 is 5.97 Å². The molecule has 0 aromatic heterocycles. The van der Waals surface area contributed by atoms with Gasteiger partial charge in [0.1, 0.15) is 6.10 Å². The zero-order chi connectivity index (χ0) is 19.3. The van der Waals surface area contributed by atoms with Crippen molar-refractivity contribution in [3.05, 3.63) is 11.6 Å². The topological polar surface area (TPSA) is 63.2 Å². The minimum absolute atomic E-state index is 0.00607. The predicted molar refractivity (Wildman–Crippen MR) is 101 cm³/mol. The Morgan fingerprint density at radius 1 is 0.931 bits per heavy atom. The summed E-state index contributed by atoms with van der Waals surface area (Å²) in [4.78, 5) is 12.8. The molecule has 7 aliphatic rings. The van der Waals surface area contributed by atoms with E-state index in [0.29, 0.717) is 56.5 Å². The van der Waals surface area contributed by atoms with Gasteiger partial charge in [0, 0.05) is 24.2 Å². The van der Waals surface area contributed by atoms with Crippen molar-refractivity contribution >= 4 is 5.97 Å². The van der Waals surface area contributed by atoms with Gasteiger partial charge in [0.2, 0.25) is 0 Å². The maximum atomic E-state index is 12.8. The molecule has 3 aliphatic heterocycles. The fraction of sp³-hybridized carbons (Fsp3) is 0.870. The van der Waals surface area contributed by atoms with Crippen LogP contribution in [0.5, 0.6) is 0 Å². The highest BCUT2D eigenvalue weighted by Gasteiger charge is 2.72. The second-order valence-corrected chi connectivity index (χ2v) is 10.3. The number of ether oxygens (including phenoxy) is 5. The quantitative estimate of drug-likeness (QED) is 0.459. The molecule has 3 spiro atoms. The van der Waals surface area contributed by atoms with Crippen LogP contribution in [0.25, 0.3) is 0 Å². The minimum atomic E-state index is -0.543. The van der Waals surface area contributed by atoms with Gasteiger partial charge in [-0.3, -0.25) is 4.79 Å². The van der Waals surface area contributed by atoms with Crippen LogP contribution >= 0.6 is 0 Å². The van der Waals surface area contributed by atoms with Crippen molar-refractivity contribution in [1.82, 2.24) is 0 Å². The summed E-state index contributed by atoms with van der Waals surface area (Å²) in [6.07, 6.45) is 9.96. The Kier molecular flexibility index (Phi) is 3.57. The Morgan fingerprint density at radius 3 is 2.55 bits per heavy atom. The SMILES string of the molecule is O=C1C[C@]23C[C@H](O1)C1C4CCC5(C=C4CCC1C2CCC31OCCO1)OCCO5. The second-order valence-electron chi connectivity index (χ2n) is 10.3. The number of carbonyl (C=O) groups is 1. The summed E-state index contributed by atoms with van der Waals surface area (Å²) in [5, 5.41) is 0. The maximum Gasteiger partial charge on any atom is 0.306 e. The molecule has 7 rings (SSSR count). The maximum absolute atomic E-state index is 12.8. The summed E-state index contributed by atoms with van der Waals surface area (Å²) in [6, 6.07) is 0. The standard InChI is InChI=1S/C23H30O6/c24-19-13-21-12-18(29-19)20-15-3-5-22(25-7-8-26-22)11-14(15)1-2-16(20)17(21)4-6-23(21)27-9-10-28-23/h11,15-18,20H,1-10,12-13H2/t15?,16?,17?,18-,20?,21+/m0/s1. The first kappa shape index (κ1) is 17.7. The molecule has 6 atom stereocenters. The highest BCUT2D eigenvalue weighted by Crippen LogP contribution is 2.70. The molecule has 6 heteroatoms. The van der Waals surface area contributed by atoms with E-state index in [1.54, 1.807) is 0 Å². The number of carbonyl (C=O) groups excluding carboxylic acids is 1. The fourth-order valence-corrected chi connectivity index (χ4v) is 8.62. The van der Waals surface area contributed by atoms with Crippen LogP contribution in [0.4, 0.5) is 0 Å². The highest BCUT2D eigenvalue weighted by atomic mass is 16.7. The zero-order valence-electron chi connectivity index (χ0n) is 16.9. The van der Waals surface area contributed by atoms with Crippen molar-refractivity contribution in [2.75, 3.05) is 26.4 Å². The van der Waals surface area contributed by atoms with Gasteiger partial charge in [-0.15, -0.1) is 0 Å². The van der Waals surface area contributed by atoms with E-state index in [4.69, 9.17) is 23.7 Å². The summed E-state index contributed by atoms with van der Waals surface area (Å²) in [7, 11) is 0. The Balaban J connectivity index is 1.27. The van der Waals surface area contributed by atoms with E-state index < -0.39 is 11.6 Å². The first-order valence-electron chi connectivity index (χ1n) is 11.6. The number of rotatable bonds is 0. The van der Waals surface area contributed by atoms with Crippen molar-refractivity contribution in [2.24, 2.45) is 29.1 Å². The third kappa shape index (κ3) is 2.19. The van der Waals surface area contributed by atoms with Gasteiger partial charge in [0.05, 0.1) is 32.8 Å². The van der Waals surface area contributed by atoms with Crippen molar-refractivity contribution < 1.29 is 28.5 Å². The first-order valence-corrected chi connectivity index (χ1v) is 11.6. The van der Waals surface area contributed by atoms with Gasteiger partial charge in [-0.25, -0.2) is 0 Å². The van der Waals surface area contributed by atoms with Crippen LogP contribution in [-0.4, -0.2) is 50.1 Å². The molecule has 0 amide bonds. The lowest BCUT2D eigenvalue weighted by atomic mass is 9.48. The van der Waals surface area contributed by atoms with Gasteiger partial charge in [-0.2, -0.15) is 0 Å². The average molecular weight is 402 g/mol. The van der Waals surface area contributed by atoms with Gasteiger partial charge in [-0.1, -0.05) is 5.57 Å². The Bertz CT molecular complexity index is 763. The van der Waals surface area contributed by atoms with E-state index in [2.05, 4.69) is 6.08 Å². The average Bonchev–Trinajstić information content (AvgIpc) is 3.43. The van der Waals surface area contributed by atoms with Crippen molar-refractivity contribution in [2.45, 2.75) is 69.0 Å². The lowest BCUT2D eigenvalue weighted by Crippen LogP contribution is -2.63. The van der Waals surface area contributed by atoms with Crippen LogP contribution in [0.2, 0.25) is 0 Å². The molecule has 0 aromatic carbocycles. The largest absolute Gasteiger partial charge is 0.462 e. The Labute approximate surface area is 171 Å². The molecule has 2 bridgehead atoms. The molecule has 0 N–H and O–H groups in total. The van der Waals surface area contributed by atoms with Gasteiger partial charge in [-0.05, 0) is 55.9 Å². The molecule has 4 aliphatic carbocycles. The summed E-state index contributed by atoms with van der Waals surface area (Å²) in [5.74, 6) is 0.940. The summed E-state index contributed by atoms with van der Waals surface area (Å²) in [6.45, 7) is 2.68. The predicted octanol–water partition coefficient (Wildman–Crippen LogP) is 2.95.